The first kappa shape index (κ1) is 29.8. The molecule has 0 spiro atoms. The number of fused-ring (bicyclic) bond motifs is 2. The first-order valence-corrected chi connectivity index (χ1v) is 16.7. The number of nitrogens with zero attached hydrogens (tertiary/aromatic N) is 7. The number of halogens is 1. The van der Waals surface area contributed by atoms with Crippen molar-refractivity contribution in [3.05, 3.63) is 65.3 Å². The normalized spacial score (nSPS) is 22.2. The summed E-state index contributed by atoms with van der Waals surface area (Å²) in [6.45, 7) is 8.51. The number of piperazine rings is 1. The van der Waals surface area contributed by atoms with Crippen molar-refractivity contribution in [1.82, 2.24) is 19.8 Å². The van der Waals surface area contributed by atoms with Crippen LogP contribution in [-0.2, 0) is 17.8 Å². The van der Waals surface area contributed by atoms with E-state index in [1.807, 2.05) is 12.1 Å². The summed E-state index contributed by atoms with van der Waals surface area (Å²) in [6, 6.07) is 15.9. The number of ether oxygens (including phenoxy) is 1. The zero-order valence-electron chi connectivity index (χ0n) is 25.7. The highest BCUT2D eigenvalue weighted by Gasteiger charge is 2.37. The van der Waals surface area contributed by atoms with Gasteiger partial charge < -0.3 is 19.4 Å². The molecule has 234 valence electrons. The molecule has 0 bridgehead atoms. The van der Waals surface area contributed by atoms with Crippen molar-refractivity contribution in [3.63, 3.8) is 0 Å². The van der Waals surface area contributed by atoms with Gasteiger partial charge in [-0.25, -0.2) is 0 Å². The Hall–Kier alpha value is -3.87. The summed E-state index contributed by atoms with van der Waals surface area (Å²) in [4.78, 5) is 31.8. The van der Waals surface area contributed by atoms with E-state index in [4.69, 9.17) is 26.3 Å². The van der Waals surface area contributed by atoms with E-state index in [1.54, 1.807) is 4.90 Å². The topological polar surface area (TPSA) is 88.8 Å². The van der Waals surface area contributed by atoms with E-state index in [9.17, 15) is 10.1 Å². The van der Waals surface area contributed by atoms with Crippen LogP contribution in [0.15, 0.2) is 49.1 Å². The number of likely N-dealkylation sites (tertiary alicyclic amines) is 1. The van der Waals surface area contributed by atoms with Crippen LogP contribution in [0.5, 0.6) is 6.01 Å². The Morgan fingerprint density at radius 2 is 1.89 bits per heavy atom. The van der Waals surface area contributed by atoms with Crippen LogP contribution < -0.4 is 14.5 Å². The van der Waals surface area contributed by atoms with Gasteiger partial charge in [0.05, 0.1) is 35.8 Å². The van der Waals surface area contributed by atoms with Crippen molar-refractivity contribution in [1.29, 1.82) is 5.26 Å². The highest BCUT2D eigenvalue weighted by Crippen LogP contribution is 2.37. The second-order valence-electron chi connectivity index (χ2n) is 12.7. The minimum absolute atomic E-state index is 0.137. The van der Waals surface area contributed by atoms with Gasteiger partial charge in [0.1, 0.15) is 12.4 Å². The summed E-state index contributed by atoms with van der Waals surface area (Å²) >= 11 is 6.76. The summed E-state index contributed by atoms with van der Waals surface area (Å²) in [7, 11) is 0. The Kier molecular flexibility index (Phi) is 8.52. The van der Waals surface area contributed by atoms with Crippen molar-refractivity contribution in [2.75, 3.05) is 49.1 Å². The number of carbonyl (C=O) groups excluding carboxylic acids is 1. The van der Waals surface area contributed by atoms with Gasteiger partial charge in [-0.1, -0.05) is 42.4 Å². The second kappa shape index (κ2) is 12.9. The predicted molar refractivity (Wildman–Crippen MR) is 177 cm³/mol. The molecule has 3 aromatic rings. The van der Waals surface area contributed by atoms with E-state index in [2.05, 4.69) is 51.6 Å². The molecule has 2 aromatic carbocycles. The summed E-state index contributed by atoms with van der Waals surface area (Å²) < 4.78 is 6.46. The Morgan fingerprint density at radius 3 is 2.69 bits per heavy atom. The van der Waals surface area contributed by atoms with Gasteiger partial charge in [0.25, 0.3) is 0 Å². The van der Waals surface area contributed by atoms with Gasteiger partial charge in [-0.15, -0.1) is 0 Å². The van der Waals surface area contributed by atoms with Gasteiger partial charge in [0, 0.05) is 54.9 Å². The predicted octanol–water partition coefficient (Wildman–Crippen LogP) is 5.36. The average Bonchev–Trinajstić information content (AvgIpc) is 3.84. The van der Waals surface area contributed by atoms with E-state index < -0.39 is 0 Å². The van der Waals surface area contributed by atoms with Crippen LogP contribution in [0, 0.1) is 11.3 Å². The molecule has 7 rings (SSSR count). The number of hydrogen-bond donors (Lipinski definition) is 0. The van der Waals surface area contributed by atoms with Crippen LogP contribution in [0.1, 0.15) is 49.8 Å². The summed E-state index contributed by atoms with van der Waals surface area (Å²) in [5.41, 5.74) is 3.18. The third kappa shape index (κ3) is 6.06. The zero-order valence-corrected chi connectivity index (χ0v) is 26.5. The molecule has 2 atom stereocenters. The number of amides is 1. The van der Waals surface area contributed by atoms with Gasteiger partial charge in [-0.3, -0.25) is 9.69 Å². The van der Waals surface area contributed by atoms with Crippen molar-refractivity contribution in [3.8, 4) is 12.1 Å². The molecule has 4 heterocycles. The summed E-state index contributed by atoms with van der Waals surface area (Å²) in [6.07, 6.45) is 8.26. The van der Waals surface area contributed by atoms with Gasteiger partial charge in [0.15, 0.2) is 0 Å². The van der Waals surface area contributed by atoms with Crippen molar-refractivity contribution >= 4 is 39.8 Å². The first-order valence-electron chi connectivity index (χ1n) is 16.3. The Morgan fingerprint density at radius 1 is 1.04 bits per heavy atom. The molecule has 0 radical (unpaired) electrons. The van der Waals surface area contributed by atoms with Gasteiger partial charge in [-0.2, -0.15) is 15.2 Å². The number of nitriles is 1. The fourth-order valence-electron chi connectivity index (χ4n) is 7.49. The lowest BCUT2D eigenvalue weighted by molar-refractivity contribution is -0.128. The van der Waals surface area contributed by atoms with Crippen LogP contribution in [0.2, 0.25) is 5.02 Å². The summed E-state index contributed by atoms with van der Waals surface area (Å²) in [5, 5.41) is 12.5. The zero-order chi connectivity index (χ0) is 30.9. The molecule has 3 aliphatic heterocycles. The number of benzene rings is 2. The Balaban J connectivity index is 1.23. The first-order chi connectivity index (χ1) is 22.0. The highest BCUT2D eigenvalue weighted by atomic mass is 35.5. The molecule has 45 heavy (non-hydrogen) atoms. The second-order valence-corrected chi connectivity index (χ2v) is 13.1. The van der Waals surface area contributed by atoms with Crippen molar-refractivity contribution in [2.45, 2.75) is 69.6 Å². The van der Waals surface area contributed by atoms with Crippen LogP contribution in [-0.4, -0.2) is 83.1 Å². The molecule has 1 amide bonds. The minimum atomic E-state index is -0.241. The Bertz CT molecular complexity index is 1630. The van der Waals surface area contributed by atoms with Crippen LogP contribution >= 0.6 is 11.6 Å². The lowest BCUT2D eigenvalue weighted by Crippen LogP contribution is -2.55. The lowest BCUT2D eigenvalue weighted by Gasteiger charge is -2.41. The molecule has 1 saturated carbocycles. The molecule has 4 aliphatic rings. The highest BCUT2D eigenvalue weighted by molar-refractivity contribution is 6.36. The number of rotatable bonds is 8. The molecule has 0 N–H and O–H groups in total. The molecule has 1 aliphatic carbocycles. The fraction of sp³-hybridized carbons (Fsp3) is 0.486. The smallest absolute Gasteiger partial charge is 0.318 e. The van der Waals surface area contributed by atoms with Crippen molar-refractivity contribution < 1.29 is 9.53 Å². The SMILES string of the molecule is C=CC(=O)N1CCN(c2nc(OC[C@H]3CCCN3C3CC3)nc3c2CCCN(c2cccc4cccc(Cl)c24)C3)C[C@@H]1CC#N. The number of anilines is 2. The van der Waals surface area contributed by atoms with Gasteiger partial charge in [-0.05, 0) is 68.7 Å². The molecule has 9 nitrogen and oxygen atoms in total. The molecular formula is C35H40ClN7O2. The van der Waals surface area contributed by atoms with Crippen LogP contribution in [0.25, 0.3) is 10.8 Å². The molecular weight excluding hydrogens is 586 g/mol. The van der Waals surface area contributed by atoms with Gasteiger partial charge in [0.2, 0.25) is 5.91 Å². The standard InChI is InChI=1S/C35H40ClN7O2/c1-2-32(44)43-20-19-41(21-26(43)15-16-37)34-28-10-6-17-40(31-12-4-8-24-7-3-11-29(36)33(24)31)22-30(28)38-35(39-34)45-23-27-9-5-18-42(27)25-13-14-25/h2-4,7-8,11-12,25-27H,1,5-6,9-10,13-15,17-23H2/t26-,27+/m0/s1. The van der Waals surface area contributed by atoms with E-state index in [1.165, 1.54) is 25.3 Å². The maximum absolute atomic E-state index is 12.6. The number of hydrogen-bond acceptors (Lipinski definition) is 8. The third-order valence-corrected chi connectivity index (χ3v) is 10.1. The van der Waals surface area contributed by atoms with Crippen LogP contribution in [0.4, 0.5) is 11.5 Å². The largest absolute Gasteiger partial charge is 0.462 e. The molecule has 10 heteroatoms. The van der Waals surface area contributed by atoms with Gasteiger partial charge >= 0.3 is 6.01 Å². The summed E-state index contributed by atoms with van der Waals surface area (Å²) in [5.74, 6) is 0.730. The molecule has 3 fully saturated rings. The monoisotopic (exact) mass is 625 g/mol. The third-order valence-electron chi connectivity index (χ3n) is 9.83. The quantitative estimate of drug-likeness (QED) is 0.309. The lowest BCUT2D eigenvalue weighted by atomic mass is 10.1. The van der Waals surface area contributed by atoms with E-state index in [0.717, 1.165) is 70.9 Å². The molecule has 2 saturated heterocycles. The molecule has 1 aromatic heterocycles. The van der Waals surface area contributed by atoms with E-state index in [-0.39, 0.29) is 18.4 Å². The van der Waals surface area contributed by atoms with Crippen LogP contribution in [0.3, 0.4) is 0 Å². The van der Waals surface area contributed by atoms with Crippen molar-refractivity contribution in [2.24, 2.45) is 0 Å². The van der Waals surface area contributed by atoms with E-state index in [0.29, 0.717) is 50.9 Å². The maximum atomic E-state index is 12.6. The number of aromatic nitrogens is 2. The maximum Gasteiger partial charge on any atom is 0.318 e. The minimum Gasteiger partial charge on any atom is -0.462 e. The fourth-order valence-corrected chi connectivity index (χ4v) is 7.77. The Labute approximate surface area is 270 Å². The molecule has 0 unspecified atom stereocenters. The average molecular weight is 626 g/mol. The number of carbonyl (C=O) groups is 1. The van der Waals surface area contributed by atoms with E-state index >= 15 is 0 Å².